The summed E-state index contributed by atoms with van der Waals surface area (Å²) in [7, 11) is 0. The van der Waals surface area contributed by atoms with E-state index in [2.05, 4.69) is 28.2 Å². The number of benzene rings is 3. The van der Waals surface area contributed by atoms with Crippen molar-refractivity contribution in [2.45, 2.75) is 58.7 Å². The molecule has 0 heterocycles. The molecule has 37 heavy (non-hydrogen) atoms. The number of aryl methyl sites for hydroxylation is 1. The third-order valence-corrected chi connectivity index (χ3v) is 6.81. The Morgan fingerprint density at radius 3 is 2.30 bits per heavy atom. The molecule has 0 saturated carbocycles. The van der Waals surface area contributed by atoms with Crippen molar-refractivity contribution in [2.24, 2.45) is 0 Å². The molecule has 196 valence electrons. The minimum Gasteiger partial charge on any atom is -0.483 e. The van der Waals surface area contributed by atoms with Crippen LogP contribution in [0.15, 0.2) is 77.3 Å². The van der Waals surface area contributed by atoms with Crippen molar-refractivity contribution in [2.75, 3.05) is 6.61 Å². The average Bonchev–Trinajstić information content (AvgIpc) is 2.85. The lowest BCUT2D eigenvalue weighted by Crippen LogP contribution is -2.55. The van der Waals surface area contributed by atoms with Gasteiger partial charge in [-0.15, -0.1) is 0 Å². The summed E-state index contributed by atoms with van der Waals surface area (Å²) >= 11 is 10.0. The molecular formula is C30H34BrClN2O3. The summed E-state index contributed by atoms with van der Waals surface area (Å²) in [6.07, 6.45) is 1.25. The smallest absolute Gasteiger partial charge is 0.261 e. The van der Waals surface area contributed by atoms with Gasteiger partial charge in [-0.25, -0.2) is 0 Å². The Morgan fingerprint density at radius 1 is 1.00 bits per heavy atom. The van der Waals surface area contributed by atoms with Gasteiger partial charge in [-0.05, 0) is 78.0 Å². The molecule has 0 bridgehead atoms. The van der Waals surface area contributed by atoms with E-state index < -0.39 is 11.6 Å². The fourth-order valence-corrected chi connectivity index (χ4v) is 4.66. The van der Waals surface area contributed by atoms with Gasteiger partial charge in [0.2, 0.25) is 5.91 Å². The molecule has 3 aromatic carbocycles. The molecule has 1 atom stereocenters. The molecule has 0 unspecified atom stereocenters. The van der Waals surface area contributed by atoms with Gasteiger partial charge in [0.05, 0.1) is 4.47 Å². The summed E-state index contributed by atoms with van der Waals surface area (Å²) in [6, 6.07) is 22.1. The quantitative estimate of drug-likeness (QED) is 0.292. The van der Waals surface area contributed by atoms with E-state index >= 15 is 0 Å². The number of carbonyl (C=O) groups is 2. The zero-order valence-corrected chi connectivity index (χ0v) is 24.1. The number of amides is 2. The first-order valence-electron chi connectivity index (χ1n) is 12.4. The highest BCUT2D eigenvalue weighted by Gasteiger charge is 2.32. The molecule has 3 rings (SSSR count). The minimum atomic E-state index is -0.764. The fourth-order valence-electron chi connectivity index (χ4n) is 3.92. The maximum absolute atomic E-state index is 13.7. The molecule has 1 N–H and O–H groups in total. The van der Waals surface area contributed by atoms with Crippen molar-refractivity contribution < 1.29 is 14.3 Å². The molecule has 0 radical (unpaired) electrons. The summed E-state index contributed by atoms with van der Waals surface area (Å²) in [5, 5.41) is 3.59. The van der Waals surface area contributed by atoms with Crippen molar-refractivity contribution in [1.82, 2.24) is 10.2 Å². The van der Waals surface area contributed by atoms with Crippen LogP contribution in [0.3, 0.4) is 0 Å². The molecule has 3 aromatic rings. The Morgan fingerprint density at radius 2 is 1.68 bits per heavy atom. The van der Waals surface area contributed by atoms with Gasteiger partial charge in [0.15, 0.2) is 6.61 Å². The van der Waals surface area contributed by atoms with Crippen LogP contribution in [0.4, 0.5) is 0 Å². The monoisotopic (exact) mass is 584 g/mol. The van der Waals surface area contributed by atoms with Crippen molar-refractivity contribution in [3.63, 3.8) is 0 Å². The Labute approximate surface area is 233 Å². The Balaban J connectivity index is 1.94. The predicted octanol–water partition coefficient (Wildman–Crippen LogP) is 6.60. The number of nitrogens with zero attached hydrogens (tertiary/aromatic N) is 1. The molecular weight excluding hydrogens is 552 g/mol. The lowest BCUT2D eigenvalue weighted by atomic mass is 10.0. The molecule has 0 aliphatic carbocycles. The van der Waals surface area contributed by atoms with Crippen LogP contribution < -0.4 is 10.1 Å². The van der Waals surface area contributed by atoms with Crippen molar-refractivity contribution in [3.8, 4) is 5.75 Å². The van der Waals surface area contributed by atoms with Crippen LogP contribution in [0, 0.1) is 0 Å². The minimum absolute atomic E-state index is 0.173. The van der Waals surface area contributed by atoms with E-state index in [1.54, 1.807) is 11.0 Å². The second-order valence-electron chi connectivity index (χ2n) is 9.96. The van der Waals surface area contributed by atoms with E-state index in [1.807, 2.05) is 87.5 Å². The molecule has 5 nitrogen and oxygen atoms in total. The van der Waals surface area contributed by atoms with Crippen LogP contribution >= 0.6 is 27.5 Å². The molecule has 0 saturated heterocycles. The second kappa shape index (κ2) is 13.1. The molecule has 2 amide bonds. The number of carbonyl (C=O) groups excluding carboxylic acids is 2. The van der Waals surface area contributed by atoms with Crippen molar-refractivity contribution in [1.29, 1.82) is 0 Å². The SMILES string of the molecule is CCc1ccc(OCC(=O)N(Cc2ccccc2Cl)[C@@H](Cc2ccccc2)C(=O)NC(C)(C)C)c(Br)c1. The van der Waals surface area contributed by atoms with Gasteiger partial charge in [-0.1, -0.05) is 73.1 Å². The summed E-state index contributed by atoms with van der Waals surface area (Å²) in [5.41, 5.74) is 2.40. The number of nitrogens with one attached hydrogen (secondary N) is 1. The maximum Gasteiger partial charge on any atom is 0.261 e. The number of halogens is 2. The Bertz CT molecular complexity index is 1210. The average molecular weight is 586 g/mol. The van der Waals surface area contributed by atoms with E-state index in [4.69, 9.17) is 16.3 Å². The van der Waals surface area contributed by atoms with Crippen LogP contribution in [-0.2, 0) is 29.0 Å². The third-order valence-electron chi connectivity index (χ3n) is 5.82. The molecule has 7 heteroatoms. The van der Waals surface area contributed by atoms with E-state index in [-0.39, 0.29) is 25.0 Å². The van der Waals surface area contributed by atoms with E-state index in [9.17, 15) is 9.59 Å². The first kappa shape index (κ1) is 28.7. The lowest BCUT2D eigenvalue weighted by Gasteiger charge is -2.34. The maximum atomic E-state index is 13.7. The van der Waals surface area contributed by atoms with Gasteiger partial charge in [-0.2, -0.15) is 0 Å². The molecule has 0 aliphatic heterocycles. The van der Waals surface area contributed by atoms with Crippen LogP contribution in [0.1, 0.15) is 44.4 Å². The zero-order valence-electron chi connectivity index (χ0n) is 21.8. The van der Waals surface area contributed by atoms with E-state index in [0.29, 0.717) is 17.2 Å². The van der Waals surface area contributed by atoms with Gasteiger partial charge in [0.25, 0.3) is 5.91 Å². The highest BCUT2D eigenvalue weighted by Crippen LogP contribution is 2.27. The Kier molecular flexibility index (Phi) is 10.2. The number of hydrogen-bond acceptors (Lipinski definition) is 3. The number of ether oxygens (including phenoxy) is 1. The third kappa shape index (κ3) is 8.61. The number of rotatable bonds is 10. The van der Waals surface area contributed by atoms with Gasteiger partial charge in [-0.3, -0.25) is 9.59 Å². The molecule has 0 aliphatic rings. The highest BCUT2D eigenvalue weighted by molar-refractivity contribution is 9.10. The predicted molar refractivity (Wildman–Crippen MR) is 153 cm³/mol. The van der Waals surface area contributed by atoms with E-state index in [1.165, 1.54) is 0 Å². The second-order valence-corrected chi connectivity index (χ2v) is 11.2. The lowest BCUT2D eigenvalue weighted by molar-refractivity contribution is -0.143. The topological polar surface area (TPSA) is 58.6 Å². The first-order chi connectivity index (χ1) is 17.6. The summed E-state index contributed by atoms with van der Waals surface area (Å²) in [6.45, 7) is 7.80. The van der Waals surface area contributed by atoms with Crippen LogP contribution in [-0.4, -0.2) is 34.9 Å². The van der Waals surface area contributed by atoms with Gasteiger partial charge >= 0.3 is 0 Å². The van der Waals surface area contributed by atoms with Crippen molar-refractivity contribution >= 4 is 39.3 Å². The summed E-state index contributed by atoms with van der Waals surface area (Å²) < 4.78 is 6.71. The number of hydrogen-bond donors (Lipinski definition) is 1. The van der Waals surface area contributed by atoms with Gasteiger partial charge in [0, 0.05) is 23.5 Å². The standard InChI is InChI=1S/C30H34BrClN2O3/c1-5-21-15-16-27(24(31)17-21)37-20-28(35)34(19-23-13-9-10-14-25(23)32)26(29(36)33-30(2,3)4)18-22-11-7-6-8-12-22/h6-17,26H,5,18-20H2,1-4H3,(H,33,36)/t26-/m0/s1. The molecule has 0 aromatic heterocycles. The zero-order chi connectivity index (χ0) is 27.0. The largest absolute Gasteiger partial charge is 0.483 e. The Hall–Kier alpha value is -2.83. The molecule has 0 fully saturated rings. The normalized spacial score (nSPS) is 12.1. The summed E-state index contributed by atoms with van der Waals surface area (Å²) in [4.78, 5) is 28.9. The van der Waals surface area contributed by atoms with Crippen molar-refractivity contribution in [3.05, 3.63) is 99.0 Å². The fraction of sp³-hybridized carbons (Fsp3) is 0.333. The summed E-state index contributed by atoms with van der Waals surface area (Å²) in [5.74, 6) is 0.0311. The first-order valence-corrected chi connectivity index (χ1v) is 13.5. The molecule has 0 spiro atoms. The van der Waals surface area contributed by atoms with Gasteiger partial charge in [0.1, 0.15) is 11.8 Å². The van der Waals surface area contributed by atoms with Crippen LogP contribution in [0.5, 0.6) is 5.75 Å². The van der Waals surface area contributed by atoms with Gasteiger partial charge < -0.3 is 15.0 Å². The van der Waals surface area contributed by atoms with E-state index in [0.717, 1.165) is 27.6 Å². The highest BCUT2D eigenvalue weighted by atomic mass is 79.9. The van der Waals surface area contributed by atoms with Crippen LogP contribution in [0.2, 0.25) is 5.02 Å². The van der Waals surface area contributed by atoms with Crippen LogP contribution in [0.25, 0.3) is 0 Å².